The molecule has 2 heteroatoms. The third-order valence-corrected chi connectivity index (χ3v) is 1.96. The number of benzene rings is 1. The first-order chi connectivity index (χ1) is 5.36. The van der Waals surface area contributed by atoms with Crippen LogP contribution < -0.4 is 0 Å². The van der Waals surface area contributed by atoms with Gasteiger partial charge >= 0.3 is 0 Å². The SMILES string of the molecule is ClCc1ccc(C=CBr)cc1. The summed E-state index contributed by atoms with van der Waals surface area (Å²) in [6.07, 6.45) is 1.98. The van der Waals surface area contributed by atoms with Gasteiger partial charge in [-0.1, -0.05) is 40.2 Å². The van der Waals surface area contributed by atoms with Crippen LogP contribution in [0.2, 0.25) is 0 Å². The van der Waals surface area contributed by atoms with Crippen LogP contribution in [0.15, 0.2) is 29.3 Å². The largest absolute Gasteiger partial charge is 0.122 e. The highest BCUT2D eigenvalue weighted by Crippen LogP contribution is 2.08. The minimum atomic E-state index is 0.582. The van der Waals surface area contributed by atoms with E-state index < -0.39 is 0 Å². The maximum Gasteiger partial charge on any atom is 0.0474 e. The summed E-state index contributed by atoms with van der Waals surface area (Å²) in [5.74, 6) is 0.582. The molecule has 0 unspecified atom stereocenters. The summed E-state index contributed by atoms with van der Waals surface area (Å²) in [4.78, 5) is 1.84. The van der Waals surface area contributed by atoms with Crippen LogP contribution in [0.5, 0.6) is 0 Å². The first-order valence-corrected chi connectivity index (χ1v) is 4.73. The van der Waals surface area contributed by atoms with Crippen LogP contribution >= 0.6 is 27.5 Å². The Morgan fingerprint density at radius 3 is 2.36 bits per heavy atom. The summed E-state index contributed by atoms with van der Waals surface area (Å²) < 4.78 is 0. The van der Waals surface area contributed by atoms with Crippen LogP contribution in [0.4, 0.5) is 0 Å². The van der Waals surface area contributed by atoms with Gasteiger partial charge in [0.05, 0.1) is 0 Å². The van der Waals surface area contributed by atoms with E-state index in [9.17, 15) is 0 Å². The first-order valence-electron chi connectivity index (χ1n) is 3.28. The van der Waals surface area contributed by atoms with Crippen LogP contribution in [0.25, 0.3) is 6.08 Å². The summed E-state index contributed by atoms with van der Waals surface area (Å²) in [6, 6.07) is 8.12. The first kappa shape index (κ1) is 8.82. The molecule has 0 atom stereocenters. The summed E-state index contributed by atoms with van der Waals surface area (Å²) in [5, 5.41) is 0. The Labute approximate surface area is 80.0 Å². The van der Waals surface area contributed by atoms with E-state index in [1.165, 1.54) is 5.56 Å². The lowest BCUT2D eigenvalue weighted by molar-refractivity contribution is 1.40. The van der Waals surface area contributed by atoms with Crippen LogP contribution in [0.1, 0.15) is 11.1 Å². The van der Waals surface area contributed by atoms with Crippen molar-refractivity contribution in [2.24, 2.45) is 0 Å². The summed E-state index contributed by atoms with van der Waals surface area (Å²) in [6.45, 7) is 0. The van der Waals surface area contributed by atoms with Gasteiger partial charge in [-0.25, -0.2) is 0 Å². The number of alkyl halides is 1. The third-order valence-electron chi connectivity index (χ3n) is 1.39. The van der Waals surface area contributed by atoms with Gasteiger partial charge in [0.1, 0.15) is 0 Å². The Morgan fingerprint density at radius 2 is 1.91 bits per heavy atom. The van der Waals surface area contributed by atoms with Gasteiger partial charge in [-0.05, 0) is 22.2 Å². The van der Waals surface area contributed by atoms with E-state index in [2.05, 4.69) is 15.9 Å². The molecule has 0 saturated heterocycles. The minimum Gasteiger partial charge on any atom is -0.122 e. The molecular weight excluding hydrogens is 223 g/mol. The highest BCUT2D eigenvalue weighted by Gasteiger charge is 1.88. The fraction of sp³-hybridized carbons (Fsp3) is 0.111. The average Bonchev–Trinajstić information content (AvgIpc) is 2.07. The molecule has 0 saturated carbocycles. The number of hydrogen-bond donors (Lipinski definition) is 0. The fourth-order valence-electron chi connectivity index (χ4n) is 0.791. The Balaban J connectivity index is 2.82. The predicted octanol–water partition coefficient (Wildman–Crippen LogP) is 3.79. The molecular formula is C9H8BrCl. The van der Waals surface area contributed by atoms with E-state index in [1.54, 1.807) is 0 Å². The molecule has 0 aliphatic carbocycles. The van der Waals surface area contributed by atoms with Crippen LogP contribution in [0, 0.1) is 0 Å². The molecule has 0 fully saturated rings. The van der Waals surface area contributed by atoms with Gasteiger partial charge in [-0.15, -0.1) is 11.6 Å². The zero-order valence-electron chi connectivity index (χ0n) is 5.93. The lowest BCUT2D eigenvalue weighted by Crippen LogP contribution is -1.76. The molecule has 0 aliphatic heterocycles. The van der Waals surface area contributed by atoms with Gasteiger partial charge in [-0.3, -0.25) is 0 Å². The van der Waals surface area contributed by atoms with Crippen LogP contribution in [-0.4, -0.2) is 0 Å². The molecule has 0 aromatic heterocycles. The molecule has 1 rings (SSSR count). The Bertz CT molecular complexity index is 238. The molecule has 0 nitrogen and oxygen atoms in total. The molecule has 1 aromatic rings. The topological polar surface area (TPSA) is 0 Å². The van der Waals surface area contributed by atoms with E-state index in [1.807, 2.05) is 35.3 Å². The van der Waals surface area contributed by atoms with Crippen LogP contribution in [0.3, 0.4) is 0 Å². The molecule has 58 valence electrons. The Hall–Kier alpha value is -0.270. The second-order valence-corrected chi connectivity index (χ2v) is 2.96. The highest BCUT2D eigenvalue weighted by molar-refractivity contribution is 9.11. The van der Waals surface area contributed by atoms with Crippen molar-refractivity contribution >= 4 is 33.6 Å². The molecule has 1 aromatic carbocycles. The zero-order chi connectivity index (χ0) is 8.10. The molecule has 0 spiro atoms. The lowest BCUT2D eigenvalue weighted by atomic mass is 10.1. The standard InChI is InChI=1S/C9H8BrCl/c10-6-5-8-1-3-9(7-11)4-2-8/h1-6H,7H2. The predicted molar refractivity (Wildman–Crippen MR) is 54.0 cm³/mol. The maximum absolute atomic E-state index is 5.63. The molecule has 0 amide bonds. The van der Waals surface area contributed by atoms with Crippen molar-refractivity contribution in [2.75, 3.05) is 0 Å². The van der Waals surface area contributed by atoms with E-state index >= 15 is 0 Å². The van der Waals surface area contributed by atoms with Gasteiger partial charge in [0.25, 0.3) is 0 Å². The normalized spacial score (nSPS) is 10.7. The second-order valence-electron chi connectivity index (χ2n) is 2.17. The molecule has 11 heavy (non-hydrogen) atoms. The van der Waals surface area contributed by atoms with E-state index in [0.717, 1.165) is 5.56 Å². The smallest absolute Gasteiger partial charge is 0.0474 e. The van der Waals surface area contributed by atoms with Crippen molar-refractivity contribution in [3.8, 4) is 0 Å². The Morgan fingerprint density at radius 1 is 1.27 bits per heavy atom. The molecule has 0 N–H and O–H groups in total. The summed E-state index contributed by atoms with van der Waals surface area (Å²) >= 11 is 8.84. The number of halogens is 2. The van der Waals surface area contributed by atoms with Crippen molar-refractivity contribution in [1.29, 1.82) is 0 Å². The van der Waals surface area contributed by atoms with Gasteiger partial charge < -0.3 is 0 Å². The Kier molecular flexibility index (Phi) is 3.67. The van der Waals surface area contributed by atoms with Crippen molar-refractivity contribution in [1.82, 2.24) is 0 Å². The number of rotatable bonds is 2. The number of hydrogen-bond acceptors (Lipinski definition) is 0. The van der Waals surface area contributed by atoms with E-state index in [-0.39, 0.29) is 0 Å². The maximum atomic E-state index is 5.63. The van der Waals surface area contributed by atoms with Crippen molar-refractivity contribution in [3.63, 3.8) is 0 Å². The van der Waals surface area contributed by atoms with Gasteiger partial charge in [-0.2, -0.15) is 0 Å². The van der Waals surface area contributed by atoms with Gasteiger partial charge in [0, 0.05) is 5.88 Å². The molecule has 0 heterocycles. The van der Waals surface area contributed by atoms with E-state index in [0.29, 0.717) is 5.88 Å². The highest BCUT2D eigenvalue weighted by atomic mass is 79.9. The molecule has 0 bridgehead atoms. The van der Waals surface area contributed by atoms with Gasteiger partial charge in [0.15, 0.2) is 0 Å². The fourth-order valence-corrected chi connectivity index (χ4v) is 1.27. The minimum absolute atomic E-state index is 0.582. The molecule has 0 aliphatic rings. The van der Waals surface area contributed by atoms with Crippen molar-refractivity contribution < 1.29 is 0 Å². The van der Waals surface area contributed by atoms with Crippen molar-refractivity contribution in [2.45, 2.75) is 5.88 Å². The van der Waals surface area contributed by atoms with Crippen molar-refractivity contribution in [3.05, 3.63) is 40.4 Å². The lowest BCUT2D eigenvalue weighted by Gasteiger charge is -1.94. The second kappa shape index (κ2) is 4.58. The quantitative estimate of drug-likeness (QED) is 0.679. The average molecular weight is 232 g/mol. The van der Waals surface area contributed by atoms with Crippen LogP contribution in [-0.2, 0) is 5.88 Å². The zero-order valence-corrected chi connectivity index (χ0v) is 8.27. The monoisotopic (exact) mass is 230 g/mol. The molecule has 0 radical (unpaired) electrons. The summed E-state index contributed by atoms with van der Waals surface area (Å²) in [7, 11) is 0. The third kappa shape index (κ3) is 2.68. The van der Waals surface area contributed by atoms with Gasteiger partial charge in [0.2, 0.25) is 0 Å². The summed E-state index contributed by atoms with van der Waals surface area (Å²) in [5.41, 5.74) is 2.33. The van der Waals surface area contributed by atoms with E-state index in [4.69, 9.17) is 11.6 Å².